The molecule has 0 saturated carbocycles. The predicted octanol–water partition coefficient (Wildman–Crippen LogP) is 6.36. The molecular weight excluding hydrogens is 516 g/mol. The fourth-order valence-electron chi connectivity index (χ4n) is 5.00. The molecular formula is C31H29ClN2O5. The predicted molar refractivity (Wildman–Crippen MR) is 155 cm³/mol. The molecule has 1 aliphatic heterocycles. The third kappa shape index (κ3) is 4.99. The van der Waals surface area contributed by atoms with Crippen molar-refractivity contribution < 1.29 is 24.5 Å². The van der Waals surface area contributed by atoms with Gasteiger partial charge in [0.1, 0.15) is 5.76 Å². The Morgan fingerprint density at radius 3 is 2.38 bits per heavy atom. The number of benzene rings is 4. The van der Waals surface area contributed by atoms with E-state index < -0.39 is 18.1 Å². The summed E-state index contributed by atoms with van der Waals surface area (Å²) in [4.78, 5) is 15.4. The van der Waals surface area contributed by atoms with Gasteiger partial charge in [0.05, 0.1) is 31.5 Å². The molecule has 7 nitrogen and oxygen atoms in total. The van der Waals surface area contributed by atoms with E-state index in [-0.39, 0.29) is 17.8 Å². The van der Waals surface area contributed by atoms with Gasteiger partial charge >= 0.3 is 0 Å². The van der Waals surface area contributed by atoms with Crippen molar-refractivity contribution in [1.29, 1.82) is 0 Å². The first-order valence-corrected chi connectivity index (χ1v) is 12.8. The van der Waals surface area contributed by atoms with Gasteiger partial charge in [0, 0.05) is 41.2 Å². The van der Waals surface area contributed by atoms with Gasteiger partial charge in [-0.3, -0.25) is 4.79 Å². The zero-order chi connectivity index (χ0) is 27.7. The maximum Gasteiger partial charge on any atom is 0.169 e. The molecule has 200 valence electrons. The Kier molecular flexibility index (Phi) is 7.37. The van der Waals surface area contributed by atoms with E-state index in [0.717, 1.165) is 22.0 Å². The van der Waals surface area contributed by atoms with Gasteiger partial charge in [-0.15, -0.1) is 0 Å². The van der Waals surface area contributed by atoms with Crippen molar-refractivity contribution >= 4 is 45.3 Å². The summed E-state index contributed by atoms with van der Waals surface area (Å²) in [6, 6.07) is 24.0. The molecule has 0 aromatic heterocycles. The number of ether oxygens (including phenoxy) is 2. The number of hydrogen-bond donors (Lipinski definition) is 3. The summed E-state index contributed by atoms with van der Waals surface area (Å²) in [6.45, 7) is 0. The molecule has 5 rings (SSSR count). The third-order valence-electron chi connectivity index (χ3n) is 7.10. The molecule has 39 heavy (non-hydrogen) atoms. The Morgan fingerprint density at radius 1 is 1.00 bits per heavy atom. The van der Waals surface area contributed by atoms with Crippen LogP contribution in [0.4, 0.5) is 11.4 Å². The van der Waals surface area contributed by atoms with Crippen LogP contribution in [-0.2, 0) is 4.79 Å². The number of hydrogen-bond acceptors (Lipinski definition) is 7. The fraction of sp³-hybridized carbons (Fsp3) is 0.194. The van der Waals surface area contributed by atoms with E-state index in [1.165, 1.54) is 19.1 Å². The number of aliphatic hydroxyl groups excluding tert-OH is 2. The Hall–Kier alpha value is -4.20. The first-order valence-electron chi connectivity index (χ1n) is 12.5. The fourth-order valence-corrected chi connectivity index (χ4v) is 5.13. The minimum Gasteiger partial charge on any atom is -0.507 e. The van der Waals surface area contributed by atoms with Crippen molar-refractivity contribution in [2.45, 2.75) is 18.7 Å². The topological polar surface area (TPSA) is 91.3 Å². The van der Waals surface area contributed by atoms with Crippen molar-refractivity contribution in [3.63, 3.8) is 0 Å². The normalized spacial score (nSPS) is 15.6. The lowest BCUT2D eigenvalue weighted by molar-refractivity contribution is -0.116. The van der Waals surface area contributed by atoms with Crippen LogP contribution in [0.15, 0.2) is 84.4 Å². The quantitative estimate of drug-likeness (QED) is 0.238. The Bertz CT molecular complexity index is 1560. The first kappa shape index (κ1) is 26.4. The highest BCUT2D eigenvalue weighted by molar-refractivity contribution is 6.30. The molecule has 1 aliphatic rings. The summed E-state index contributed by atoms with van der Waals surface area (Å²) in [5.41, 5.74) is 2.50. The molecule has 0 bridgehead atoms. The molecule has 2 unspecified atom stereocenters. The summed E-state index contributed by atoms with van der Waals surface area (Å²) >= 11 is 6.15. The molecule has 0 amide bonds. The van der Waals surface area contributed by atoms with Crippen LogP contribution in [0.2, 0.25) is 5.02 Å². The number of carbonyl (C=O) groups excluding carboxylic acids is 1. The second-order valence-electron chi connectivity index (χ2n) is 9.37. The third-order valence-corrected chi connectivity index (χ3v) is 7.35. The van der Waals surface area contributed by atoms with Gasteiger partial charge in [-0.25, -0.2) is 0 Å². The van der Waals surface area contributed by atoms with E-state index in [2.05, 4.69) is 5.32 Å². The van der Waals surface area contributed by atoms with Crippen LogP contribution in [0, 0.1) is 0 Å². The van der Waals surface area contributed by atoms with Crippen LogP contribution >= 0.6 is 11.6 Å². The number of likely N-dealkylation sites (N-methyl/N-ethyl adjacent to an activating group) is 1. The number of fused-ring (bicyclic) bond motifs is 2. The van der Waals surface area contributed by atoms with Crippen molar-refractivity contribution in [2.75, 3.05) is 31.5 Å². The standard InChI is InChI=1S/C31H29ClN2O5/c1-34-25-17-28(39-3)27(38-2)15-22(25)30(36)29(31(34)37)26(35)16-24(19-11-13-20(32)14-12-19)33-23-10-6-8-18-7-4-5-9-21(18)23/h4-15,17,24,31,33,36-37H,16H2,1-3H3. The lowest BCUT2D eigenvalue weighted by atomic mass is 9.91. The number of anilines is 2. The molecule has 0 spiro atoms. The molecule has 2 atom stereocenters. The van der Waals surface area contributed by atoms with Gasteiger partial charge in [-0.05, 0) is 35.2 Å². The lowest BCUT2D eigenvalue weighted by Gasteiger charge is -2.34. The monoisotopic (exact) mass is 544 g/mol. The molecule has 0 saturated heterocycles. The minimum absolute atomic E-state index is 0.0300. The van der Waals surface area contributed by atoms with Crippen molar-refractivity contribution in [2.24, 2.45) is 0 Å². The van der Waals surface area contributed by atoms with E-state index in [0.29, 0.717) is 27.8 Å². The van der Waals surface area contributed by atoms with Gasteiger partial charge in [-0.1, -0.05) is 60.1 Å². The highest BCUT2D eigenvalue weighted by Crippen LogP contribution is 2.43. The SMILES string of the molecule is COc1cc2c(cc1OC)N(C)C(O)C(C(=O)CC(Nc1cccc3ccccc13)c1ccc(Cl)cc1)=C2O. The smallest absolute Gasteiger partial charge is 0.169 e. The number of ketones is 1. The molecule has 4 aromatic carbocycles. The summed E-state index contributed by atoms with van der Waals surface area (Å²) < 4.78 is 10.8. The highest BCUT2D eigenvalue weighted by Gasteiger charge is 2.36. The molecule has 0 aliphatic carbocycles. The van der Waals surface area contributed by atoms with Crippen LogP contribution in [0.25, 0.3) is 16.5 Å². The van der Waals surface area contributed by atoms with Crippen LogP contribution in [-0.4, -0.2) is 43.5 Å². The van der Waals surface area contributed by atoms with Crippen LogP contribution < -0.4 is 19.7 Å². The molecule has 0 fully saturated rings. The first-order chi connectivity index (χ1) is 18.8. The maximum absolute atomic E-state index is 13.8. The number of rotatable bonds is 8. The second kappa shape index (κ2) is 10.9. The molecule has 1 heterocycles. The Morgan fingerprint density at radius 2 is 1.67 bits per heavy atom. The summed E-state index contributed by atoms with van der Waals surface area (Å²) in [5, 5.41) is 28.6. The number of Topliss-reactive ketones (excluding diaryl/α,β-unsaturated/α-hetero) is 1. The van der Waals surface area contributed by atoms with Gasteiger partial charge in [0.25, 0.3) is 0 Å². The number of aliphatic hydroxyl groups is 2. The van der Waals surface area contributed by atoms with E-state index >= 15 is 0 Å². The number of carbonyl (C=O) groups is 1. The van der Waals surface area contributed by atoms with E-state index in [4.69, 9.17) is 21.1 Å². The summed E-state index contributed by atoms with van der Waals surface area (Å²) in [7, 11) is 4.66. The second-order valence-corrected chi connectivity index (χ2v) is 9.81. The zero-order valence-corrected chi connectivity index (χ0v) is 22.6. The number of methoxy groups -OCH3 is 2. The maximum atomic E-state index is 13.8. The van der Waals surface area contributed by atoms with Crippen LogP contribution in [0.1, 0.15) is 23.6 Å². The molecule has 4 aromatic rings. The number of nitrogens with one attached hydrogen (secondary N) is 1. The van der Waals surface area contributed by atoms with Crippen LogP contribution in [0.3, 0.4) is 0 Å². The summed E-state index contributed by atoms with van der Waals surface area (Å²) in [5.74, 6) is 0.151. The van der Waals surface area contributed by atoms with Gasteiger partial charge < -0.3 is 29.9 Å². The van der Waals surface area contributed by atoms with Crippen molar-refractivity contribution in [1.82, 2.24) is 0 Å². The summed E-state index contributed by atoms with van der Waals surface area (Å²) in [6.07, 6.45) is -1.39. The highest BCUT2D eigenvalue weighted by atomic mass is 35.5. The average molecular weight is 545 g/mol. The van der Waals surface area contributed by atoms with E-state index in [9.17, 15) is 15.0 Å². The molecule has 3 N–H and O–H groups in total. The van der Waals surface area contributed by atoms with Crippen LogP contribution in [0.5, 0.6) is 11.5 Å². The minimum atomic E-state index is -1.36. The van der Waals surface area contributed by atoms with E-state index in [1.807, 2.05) is 54.6 Å². The Balaban J connectivity index is 1.54. The molecule has 0 radical (unpaired) electrons. The number of nitrogens with zero attached hydrogens (tertiary/aromatic N) is 1. The van der Waals surface area contributed by atoms with Crippen molar-refractivity contribution in [3.05, 3.63) is 101 Å². The largest absolute Gasteiger partial charge is 0.507 e. The number of halogens is 1. The van der Waals surface area contributed by atoms with E-state index in [1.54, 1.807) is 31.3 Å². The average Bonchev–Trinajstić information content (AvgIpc) is 2.95. The van der Waals surface area contributed by atoms with Gasteiger partial charge in [-0.2, -0.15) is 0 Å². The van der Waals surface area contributed by atoms with Gasteiger partial charge in [0.2, 0.25) is 0 Å². The van der Waals surface area contributed by atoms with Crippen molar-refractivity contribution in [3.8, 4) is 11.5 Å². The Labute approximate surface area is 231 Å². The lowest BCUT2D eigenvalue weighted by Crippen LogP contribution is -2.40. The van der Waals surface area contributed by atoms with Gasteiger partial charge in [0.15, 0.2) is 23.5 Å². The zero-order valence-electron chi connectivity index (χ0n) is 21.8. The molecule has 8 heteroatoms.